The highest BCUT2D eigenvalue weighted by Crippen LogP contribution is 2.27. The fourth-order valence-corrected chi connectivity index (χ4v) is 4.07. The lowest BCUT2D eigenvalue weighted by molar-refractivity contribution is 0.587. The zero-order valence-corrected chi connectivity index (χ0v) is 12.7. The summed E-state index contributed by atoms with van der Waals surface area (Å²) < 4.78 is 22.8. The largest absolute Gasteiger partial charge is 0.356 e. The second-order valence-electron chi connectivity index (χ2n) is 6.08. The van der Waals surface area contributed by atoms with Crippen molar-refractivity contribution >= 4 is 15.8 Å². The summed E-state index contributed by atoms with van der Waals surface area (Å²) in [4.78, 5) is 4.54. The minimum Gasteiger partial charge on any atom is -0.356 e. The van der Waals surface area contributed by atoms with Gasteiger partial charge in [-0.05, 0) is 44.9 Å². The average molecular weight is 287 g/mol. The molecular weight excluding hydrogens is 262 g/mol. The SMILES string of the molecule is CC(C)NC(=NCC1CCS(=O)(=O)C1)NCC1CC1. The first kappa shape index (κ1) is 14.6. The van der Waals surface area contributed by atoms with E-state index < -0.39 is 9.84 Å². The van der Waals surface area contributed by atoms with Gasteiger partial charge < -0.3 is 10.6 Å². The van der Waals surface area contributed by atoms with Gasteiger partial charge in [0.25, 0.3) is 0 Å². The van der Waals surface area contributed by atoms with Gasteiger partial charge in [-0.25, -0.2) is 8.42 Å². The van der Waals surface area contributed by atoms with E-state index in [2.05, 4.69) is 29.5 Å². The fraction of sp³-hybridized carbons (Fsp3) is 0.923. The van der Waals surface area contributed by atoms with Crippen molar-refractivity contribution < 1.29 is 8.42 Å². The quantitative estimate of drug-likeness (QED) is 0.579. The van der Waals surface area contributed by atoms with E-state index in [0.29, 0.717) is 24.1 Å². The van der Waals surface area contributed by atoms with E-state index in [9.17, 15) is 8.42 Å². The first-order valence-electron chi connectivity index (χ1n) is 7.20. The molecule has 0 spiro atoms. The van der Waals surface area contributed by atoms with Crippen molar-refractivity contribution in [2.24, 2.45) is 16.8 Å². The normalized spacial score (nSPS) is 26.7. The van der Waals surface area contributed by atoms with Gasteiger partial charge in [-0.3, -0.25) is 4.99 Å². The first-order valence-corrected chi connectivity index (χ1v) is 9.02. The van der Waals surface area contributed by atoms with Crippen molar-refractivity contribution in [3.05, 3.63) is 0 Å². The molecule has 0 radical (unpaired) electrons. The molecule has 1 aliphatic heterocycles. The van der Waals surface area contributed by atoms with Crippen LogP contribution in [0.3, 0.4) is 0 Å². The maximum atomic E-state index is 11.4. The third-order valence-corrected chi connectivity index (χ3v) is 5.35. The minimum absolute atomic E-state index is 0.191. The summed E-state index contributed by atoms with van der Waals surface area (Å²) in [6.07, 6.45) is 3.37. The Kier molecular flexibility index (Phi) is 4.71. The molecule has 1 saturated carbocycles. The Morgan fingerprint density at radius 2 is 2.00 bits per heavy atom. The molecule has 6 heteroatoms. The van der Waals surface area contributed by atoms with Gasteiger partial charge in [0, 0.05) is 19.1 Å². The highest BCUT2D eigenvalue weighted by molar-refractivity contribution is 7.91. The number of guanidine groups is 1. The predicted molar refractivity (Wildman–Crippen MR) is 78.1 cm³/mol. The van der Waals surface area contributed by atoms with Crippen molar-refractivity contribution in [1.29, 1.82) is 0 Å². The van der Waals surface area contributed by atoms with E-state index in [4.69, 9.17) is 0 Å². The van der Waals surface area contributed by atoms with Gasteiger partial charge >= 0.3 is 0 Å². The van der Waals surface area contributed by atoms with Gasteiger partial charge in [0.1, 0.15) is 0 Å². The zero-order valence-electron chi connectivity index (χ0n) is 11.9. The third-order valence-electron chi connectivity index (χ3n) is 3.51. The summed E-state index contributed by atoms with van der Waals surface area (Å²) >= 11 is 0. The summed E-state index contributed by atoms with van der Waals surface area (Å²) in [6.45, 7) is 5.73. The molecule has 0 aromatic heterocycles. The summed E-state index contributed by atoms with van der Waals surface area (Å²) in [5.41, 5.74) is 0. The van der Waals surface area contributed by atoms with E-state index in [0.717, 1.165) is 24.8 Å². The standard InChI is InChI=1S/C13H25N3O2S/c1-10(2)16-13(14-7-11-3-4-11)15-8-12-5-6-19(17,18)9-12/h10-12H,3-9H2,1-2H3,(H2,14,15,16). The van der Waals surface area contributed by atoms with Gasteiger partial charge in [-0.1, -0.05) is 0 Å². The van der Waals surface area contributed by atoms with Crippen LogP contribution < -0.4 is 10.6 Å². The molecule has 2 aliphatic rings. The monoisotopic (exact) mass is 287 g/mol. The lowest BCUT2D eigenvalue weighted by atomic mass is 10.1. The molecule has 19 heavy (non-hydrogen) atoms. The van der Waals surface area contributed by atoms with Crippen LogP contribution in [0.5, 0.6) is 0 Å². The highest BCUT2D eigenvalue weighted by Gasteiger charge is 2.27. The molecule has 1 atom stereocenters. The maximum Gasteiger partial charge on any atom is 0.191 e. The molecule has 1 aliphatic carbocycles. The third kappa shape index (κ3) is 5.38. The van der Waals surface area contributed by atoms with Gasteiger partial charge in [0.2, 0.25) is 0 Å². The Morgan fingerprint density at radius 1 is 1.26 bits per heavy atom. The molecule has 1 unspecified atom stereocenters. The molecule has 2 fully saturated rings. The van der Waals surface area contributed by atoms with Crippen LogP contribution in [-0.2, 0) is 9.84 Å². The molecule has 110 valence electrons. The van der Waals surface area contributed by atoms with Crippen LogP contribution in [0.1, 0.15) is 33.1 Å². The van der Waals surface area contributed by atoms with Gasteiger partial charge in [-0.2, -0.15) is 0 Å². The van der Waals surface area contributed by atoms with Crippen molar-refractivity contribution in [2.45, 2.75) is 39.2 Å². The maximum absolute atomic E-state index is 11.4. The molecule has 0 bridgehead atoms. The topological polar surface area (TPSA) is 70.6 Å². The number of hydrogen-bond acceptors (Lipinski definition) is 3. The second-order valence-corrected chi connectivity index (χ2v) is 8.31. The molecule has 1 heterocycles. The van der Waals surface area contributed by atoms with Crippen molar-refractivity contribution in [2.75, 3.05) is 24.6 Å². The Morgan fingerprint density at radius 3 is 2.53 bits per heavy atom. The fourth-order valence-electron chi connectivity index (χ4n) is 2.23. The Balaban J connectivity index is 1.83. The van der Waals surface area contributed by atoms with Crippen LogP contribution in [-0.4, -0.2) is 45.0 Å². The van der Waals surface area contributed by atoms with Gasteiger partial charge in [0.05, 0.1) is 11.5 Å². The first-order chi connectivity index (χ1) is 8.94. The van der Waals surface area contributed by atoms with Crippen molar-refractivity contribution in [3.8, 4) is 0 Å². The predicted octanol–water partition coefficient (Wildman–Crippen LogP) is 0.775. The number of nitrogens with one attached hydrogen (secondary N) is 2. The summed E-state index contributed by atoms with van der Waals surface area (Å²) in [6, 6.07) is 0.331. The van der Waals surface area contributed by atoms with E-state index in [1.54, 1.807) is 0 Å². The van der Waals surface area contributed by atoms with E-state index in [-0.39, 0.29) is 5.92 Å². The molecule has 0 aromatic rings. The lowest BCUT2D eigenvalue weighted by Gasteiger charge is -2.15. The van der Waals surface area contributed by atoms with E-state index in [1.165, 1.54) is 12.8 Å². The summed E-state index contributed by atoms with van der Waals surface area (Å²) in [5.74, 6) is 2.44. The Bertz CT molecular complexity index is 427. The molecule has 2 N–H and O–H groups in total. The molecule has 0 amide bonds. The summed E-state index contributed by atoms with van der Waals surface area (Å²) in [5, 5.41) is 6.64. The summed E-state index contributed by atoms with van der Waals surface area (Å²) in [7, 11) is -2.79. The Labute approximate surface area is 116 Å². The average Bonchev–Trinajstić information content (AvgIpc) is 3.06. The lowest BCUT2D eigenvalue weighted by Crippen LogP contribution is -2.42. The number of rotatable bonds is 5. The molecule has 5 nitrogen and oxygen atoms in total. The number of sulfone groups is 1. The zero-order chi connectivity index (χ0) is 13.9. The van der Waals surface area contributed by atoms with Crippen molar-refractivity contribution in [1.82, 2.24) is 10.6 Å². The Hall–Kier alpha value is -0.780. The molecule has 1 saturated heterocycles. The number of aliphatic imine (C=N–C) groups is 1. The van der Waals surface area contributed by atoms with Crippen LogP contribution in [0.15, 0.2) is 4.99 Å². The van der Waals surface area contributed by atoms with Crippen LogP contribution >= 0.6 is 0 Å². The van der Waals surface area contributed by atoms with Gasteiger partial charge in [-0.15, -0.1) is 0 Å². The van der Waals surface area contributed by atoms with Gasteiger partial charge in [0.15, 0.2) is 15.8 Å². The second kappa shape index (κ2) is 6.11. The molecule has 0 aromatic carbocycles. The number of nitrogens with zero attached hydrogens (tertiary/aromatic N) is 1. The molecular formula is C13H25N3O2S. The van der Waals surface area contributed by atoms with E-state index >= 15 is 0 Å². The smallest absolute Gasteiger partial charge is 0.191 e. The van der Waals surface area contributed by atoms with Crippen molar-refractivity contribution in [3.63, 3.8) is 0 Å². The van der Waals surface area contributed by atoms with Crippen LogP contribution in [0, 0.1) is 11.8 Å². The number of hydrogen-bond donors (Lipinski definition) is 2. The van der Waals surface area contributed by atoms with Crippen LogP contribution in [0.2, 0.25) is 0 Å². The highest BCUT2D eigenvalue weighted by atomic mass is 32.2. The molecule has 2 rings (SSSR count). The van der Waals surface area contributed by atoms with Crippen LogP contribution in [0.25, 0.3) is 0 Å². The minimum atomic E-state index is -2.79. The van der Waals surface area contributed by atoms with E-state index in [1.807, 2.05) is 0 Å². The van der Waals surface area contributed by atoms with Crippen LogP contribution in [0.4, 0.5) is 0 Å².